The zero-order valence-corrected chi connectivity index (χ0v) is 16.3. The second kappa shape index (κ2) is 7.11. The molecule has 5 rings (SSSR count). The topological polar surface area (TPSA) is 102 Å². The van der Waals surface area contributed by atoms with E-state index in [1.165, 1.54) is 4.68 Å². The van der Waals surface area contributed by atoms with Crippen molar-refractivity contribution in [3.63, 3.8) is 0 Å². The molecular formula is C21H23N5O3. The number of aryl methyl sites for hydroxylation is 3. The lowest BCUT2D eigenvalue weighted by atomic mass is 9.97. The van der Waals surface area contributed by atoms with Gasteiger partial charge in [-0.25, -0.2) is 9.67 Å². The fourth-order valence-electron chi connectivity index (χ4n) is 4.27. The lowest BCUT2D eigenvalue weighted by molar-refractivity contribution is 0.0924. The van der Waals surface area contributed by atoms with E-state index in [0.717, 1.165) is 53.8 Å². The van der Waals surface area contributed by atoms with Gasteiger partial charge in [0.25, 0.3) is 11.5 Å². The first kappa shape index (κ1) is 18.1. The van der Waals surface area contributed by atoms with Gasteiger partial charge in [-0.2, -0.15) is 5.10 Å². The first-order valence-electron chi connectivity index (χ1n) is 10.0. The van der Waals surface area contributed by atoms with Crippen molar-refractivity contribution in [2.45, 2.75) is 44.7 Å². The molecule has 1 aliphatic carbocycles. The summed E-state index contributed by atoms with van der Waals surface area (Å²) >= 11 is 0. The number of carbonyl (C=O) groups excluding carboxylic acids is 1. The van der Waals surface area contributed by atoms with E-state index in [-0.39, 0.29) is 23.6 Å². The number of aromatic nitrogens is 4. The molecule has 0 radical (unpaired) electrons. The average Bonchev–Trinajstić information content (AvgIpc) is 3.32. The number of nitrogens with one attached hydrogen (secondary N) is 2. The van der Waals surface area contributed by atoms with Gasteiger partial charge in [-0.15, -0.1) is 0 Å². The van der Waals surface area contributed by atoms with Crippen LogP contribution in [0.1, 0.15) is 46.3 Å². The van der Waals surface area contributed by atoms with Crippen molar-refractivity contribution < 1.29 is 9.53 Å². The van der Waals surface area contributed by atoms with Crippen LogP contribution >= 0.6 is 0 Å². The molecule has 29 heavy (non-hydrogen) atoms. The molecule has 1 aliphatic heterocycles. The second-order valence-corrected chi connectivity index (χ2v) is 7.85. The maximum atomic E-state index is 12.8. The first-order chi connectivity index (χ1) is 14.1. The highest BCUT2D eigenvalue weighted by Crippen LogP contribution is 2.22. The van der Waals surface area contributed by atoms with Crippen molar-refractivity contribution in [2.24, 2.45) is 0 Å². The van der Waals surface area contributed by atoms with Crippen LogP contribution in [0.3, 0.4) is 0 Å². The maximum absolute atomic E-state index is 12.8. The molecule has 2 atom stereocenters. The molecule has 0 spiro atoms. The Bertz CT molecular complexity index is 1150. The van der Waals surface area contributed by atoms with E-state index in [0.29, 0.717) is 18.8 Å². The van der Waals surface area contributed by atoms with Crippen molar-refractivity contribution >= 4 is 16.9 Å². The Morgan fingerprint density at radius 2 is 2.10 bits per heavy atom. The summed E-state index contributed by atoms with van der Waals surface area (Å²) in [6.45, 7) is 2.59. The van der Waals surface area contributed by atoms with Gasteiger partial charge in [-0.05, 0) is 56.4 Å². The van der Waals surface area contributed by atoms with Crippen molar-refractivity contribution in [1.29, 1.82) is 0 Å². The molecule has 1 amide bonds. The normalized spacial score (nSPS) is 21.3. The van der Waals surface area contributed by atoms with Gasteiger partial charge in [0.15, 0.2) is 0 Å². The van der Waals surface area contributed by atoms with Crippen LogP contribution in [0.4, 0.5) is 0 Å². The third kappa shape index (κ3) is 3.33. The van der Waals surface area contributed by atoms with Crippen LogP contribution in [0.25, 0.3) is 11.0 Å². The maximum Gasteiger partial charge on any atom is 0.267 e. The van der Waals surface area contributed by atoms with Gasteiger partial charge in [0.05, 0.1) is 36.0 Å². The van der Waals surface area contributed by atoms with Gasteiger partial charge in [0.2, 0.25) is 0 Å². The number of rotatable bonds is 3. The van der Waals surface area contributed by atoms with Gasteiger partial charge in [0.1, 0.15) is 11.9 Å². The minimum atomic E-state index is -0.312. The third-order valence-electron chi connectivity index (χ3n) is 5.78. The lowest BCUT2D eigenvalue weighted by Gasteiger charge is -2.23. The highest BCUT2D eigenvalue weighted by atomic mass is 16.5. The van der Waals surface area contributed by atoms with Crippen LogP contribution in [0.15, 0.2) is 29.1 Å². The molecular weight excluding hydrogens is 370 g/mol. The average molecular weight is 393 g/mol. The number of hydrogen-bond acceptors (Lipinski definition) is 5. The van der Waals surface area contributed by atoms with Crippen molar-refractivity contribution in [1.82, 2.24) is 25.1 Å². The summed E-state index contributed by atoms with van der Waals surface area (Å²) in [5.41, 5.74) is 4.10. The molecule has 2 unspecified atom stereocenters. The van der Waals surface area contributed by atoms with Crippen LogP contribution in [0, 0.1) is 6.92 Å². The summed E-state index contributed by atoms with van der Waals surface area (Å²) in [5, 5.41) is 7.65. The van der Waals surface area contributed by atoms with Crippen LogP contribution in [-0.2, 0) is 17.6 Å². The molecule has 1 saturated heterocycles. The number of aromatic amines is 1. The summed E-state index contributed by atoms with van der Waals surface area (Å²) in [7, 11) is 0. The SMILES string of the molecule is Cc1nc2ccc(C(=O)NC3COCC3n3nc4c(cc3=O)CCCC4)cc2[nH]1. The van der Waals surface area contributed by atoms with E-state index in [4.69, 9.17) is 4.74 Å². The predicted molar refractivity (Wildman–Crippen MR) is 107 cm³/mol. The molecule has 2 aliphatic rings. The van der Waals surface area contributed by atoms with Crippen LogP contribution in [0.5, 0.6) is 0 Å². The Balaban J connectivity index is 1.39. The molecule has 8 nitrogen and oxygen atoms in total. The summed E-state index contributed by atoms with van der Waals surface area (Å²) in [4.78, 5) is 33.0. The van der Waals surface area contributed by atoms with E-state index in [9.17, 15) is 9.59 Å². The van der Waals surface area contributed by atoms with Crippen molar-refractivity contribution in [2.75, 3.05) is 13.2 Å². The molecule has 0 bridgehead atoms. The molecule has 3 heterocycles. The molecule has 2 N–H and O–H groups in total. The summed E-state index contributed by atoms with van der Waals surface area (Å²) in [6, 6.07) is 6.45. The standard InChI is InChI=1S/C21H23N5O3/c1-12-22-16-7-6-14(8-17(16)23-12)21(28)24-18-10-29-11-19(18)26-20(27)9-13-4-2-3-5-15(13)25-26/h6-9,18-19H,2-5,10-11H2,1H3,(H,22,23)(H,24,28). The first-order valence-corrected chi connectivity index (χ1v) is 10.0. The molecule has 2 aromatic heterocycles. The fourth-order valence-corrected chi connectivity index (χ4v) is 4.27. The lowest BCUT2D eigenvalue weighted by Crippen LogP contribution is -2.44. The minimum absolute atomic E-state index is 0.130. The van der Waals surface area contributed by atoms with Crippen LogP contribution in [0.2, 0.25) is 0 Å². The number of hydrogen-bond donors (Lipinski definition) is 2. The van der Waals surface area contributed by atoms with Gasteiger partial charge < -0.3 is 15.0 Å². The predicted octanol–water partition coefficient (Wildman–Crippen LogP) is 1.68. The second-order valence-electron chi connectivity index (χ2n) is 7.85. The smallest absolute Gasteiger partial charge is 0.267 e. The van der Waals surface area contributed by atoms with Crippen molar-refractivity contribution in [3.05, 3.63) is 57.3 Å². The minimum Gasteiger partial charge on any atom is -0.377 e. The Labute approximate surface area is 167 Å². The van der Waals surface area contributed by atoms with E-state index >= 15 is 0 Å². The third-order valence-corrected chi connectivity index (χ3v) is 5.78. The number of amides is 1. The van der Waals surface area contributed by atoms with Crippen LogP contribution < -0.4 is 10.9 Å². The summed E-state index contributed by atoms with van der Waals surface area (Å²) in [5.74, 6) is 0.602. The molecule has 1 fully saturated rings. The Morgan fingerprint density at radius 1 is 1.24 bits per heavy atom. The number of imidazole rings is 1. The highest BCUT2D eigenvalue weighted by molar-refractivity contribution is 5.97. The highest BCUT2D eigenvalue weighted by Gasteiger charge is 2.33. The van der Waals surface area contributed by atoms with Crippen molar-refractivity contribution in [3.8, 4) is 0 Å². The monoisotopic (exact) mass is 393 g/mol. The number of carbonyl (C=O) groups is 1. The van der Waals surface area contributed by atoms with E-state index < -0.39 is 0 Å². The van der Waals surface area contributed by atoms with Crippen LogP contribution in [-0.4, -0.2) is 44.9 Å². The Morgan fingerprint density at radius 3 is 3.00 bits per heavy atom. The Kier molecular flexibility index (Phi) is 4.43. The number of benzene rings is 1. The molecule has 1 aromatic carbocycles. The molecule has 3 aromatic rings. The Hall–Kier alpha value is -3.00. The number of fused-ring (bicyclic) bond motifs is 2. The van der Waals surface area contributed by atoms with E-state index in [2.05, 4.69) is 20.4 Å². The molecule has 8 heteroatoms. The van der Waals surface area contributed by atoms with E-state index in [1.807, 2.05) is 13.0 Å². The number of ether oxygens (including phenoxy) is 1. The van der Waals surface area contributed by atoms with Gasteiger partial charge in [-0.3, -0.25) is 9.59 Å². The summed E-state index contributed by atoms with van der Waals surface area (Å²) in [6.07, 6.45) is 4.00. The zero-order valence-electron chi connectivity index (χ0n) is 16.3. The molecule has 0 saturated carbocycles. The van der Waals surface area contributed by atoms with Gasteiger partial charge >= 0.3 is 0 Å². The van der Waals surface area contributed by atoms with Gasteiger partial charge in [-0.1, -0.05) is 0 Å². The zero-order chi connectivity index (χ0) is 20.0. The summed E-state index contributed by atoms with van der Waals surface area (Å²) < 4.78 is 7.11. The number of H-pyrrole nitrogens is 1. The largest absolute Gasteiger partial charge is 0.377 e. The van der Waals surface area contributed by atoms with E-state index in [1.54, 1.807) is 18.2 Å². The quantitative estimate of drug-likeness (QED) is 0.705. The fraction of sp³-hybridized carbons (Fsp3) is 0.429. The number of nitrogens with zero attached hydrogens (tertiary/aromatic N) is 3. The van der Waals surface area contributed by atoms with Gasteiger partial charge in [0, 0.05) is 11.6 Å². The molecule has 150 valence electrons.